The molecule has 3 heterocycles. The summed E-state index contributed by atoms with van der Waals surface area (Å²) in [6, 6.07) is 5.30. The van der Waals surface area contributed by atoms with Crippen molar-refractivity contribution in [3.05, 3.63) is 41.3 Å². The Bertz CT molecular complexity index is 920. The number of rotatable bonds is 5. The van der Waals surface area contributed by atoms with Gasteiger partial charge in [0.1, 0.15) is 5.65 Å². The molecule has 1 fully saturated rings. The maximum Gasteiger partial charge on any atom is 0.246 e. The molecule has 1 saturated heterocycles. The summed E-state index contributed by atoms with van der Waals surface area (Å²) in [5.41, 5.74) is 1.33. The first kappa shape index (κ1) is 17.9. The molecule has 6 nitrogen and oxygen atoms in total. The number of carbonyl (C=O) groups is 1. The van der Waals surface area contributed by atoms with Crippen molar-refractivity contribution >= 4 is 39.1 Å². The fourth-order valence-corrected chi connectivity index (χ4v) is 5.09. The van der Waals surface area contributed by atoms with Gasteiger partial charge in [-0.15, -0.1) is 0 Å². The first-order chi connectivity index (χ1) is 11.9. The topological polar surface area (TPSA) is 71.8 Å². The van der Waals surface area contributed by atoms with Gasteiger partial charge in [-0.2, -0.15) is 0 Å². The van der Waals surface area contributed by atoms with Gasteiger partial charge in [0.05, 0.1) is 17.2 Å². The van der Waals surface area contributed by atoms with Gasteiger partial charge in [0.15, 0.2) is 15.0 Å². The van der Waals surface area contributed by atoms with Crippen LogP contribution >= 0.6 is 11.6 Å². The zero-order chi connectivity index (χ0) is 18.0. The number of imidazole rings is 1. The number of nitrogens with zero attached hydrogens (tertiary/aromatic N) is 3. The standard InChI is InChI=1S/C17H20ClN3O3S/c1-2-9-20(13-8-11-25(23,24)12-13)16(22)7-6-14-17(18)19-15-5-3-4-10-21(14)15/h3-7,10,13H,2,8-9,11-12H2,1H3/b7-6+. The second kappa shape index (κ2) is 7.17. The van der Waals surface area contributed by atoms with E-state index >= 15 is 0 Å². The van der Waals surface area contributed by atoms with E-state index in [4.69, 9.17) is 11.6 Å². The van der Waals surface area contributed by atoms with Gasteiger partial charge in [0, 0.05) is 24.9 Å². The van der Waals surface area contributed by atoms with Gasteiger partial charge >= 0.3 is 0 Å². The number of halogens is 1. The number of aromatic nitrogens is 2. The molecule has 2 aromatic rings. The van der Waals surface area contributed by atoms with E-state index < -0.39 is 9.84 Å². The molecule has 1 aliphatic heterocycles. The predicted octanol–water partition coefficient (Wildman–Crippen LogP) is 2.43. The van der Waals surface area contributed by atoms with E-state index in [0.717, 1.165) is 6.42 Å². The number of hydrogen-bond donors (Lipinski definition) is 0. The maximum atomic E-state index is 12.6. The van der Waals surface area contributed by atoms with Gasteiger partial charge in [-0.1, -0.05) is 24.6 Å². The number of carbonyl (C=O) groups excluding carboxylic acids is 1. The SMILES string of the molecule is CCCN(C(=O)/C=C/c1c(Cl)nc2ccccn12)C1CCS(=O)(=O)C1. The number of pyridine rings is 1. The van der Waals surface area contributed by atoms with Crippen molar-refractivity contribution in [3.8, 4) is 0 Å². The van der Waals surface area contributed by atoms with E-state index in [1.54, 1.807) is 15.4 Å². The second-order valence-electron chi connectivity index (χ2n) is 6.14. The van der Waals surface area contributed by atoms with E-state index in [1.165, 1.54) is 6.08 Å². The van der Waals surface area contributed by atoms with Crippen LogP contribution < -0.4 is 0 Å². The van der Waals surface area contributed by atoms with Gasteiger partial charge in [0.2, 0.25) is 5.91 Å². The third-order valence-electron chi connectivity index (χ3n) is 4.30. The first-order valence-electron chi connectivity index (χ1n) is 8.23. The largest absolute Gasteiger partial charge is 0.335 e. The summed E-state index contributed by atoms with van der Waals surface area (Å²) in [5, 5.41) is 0.320. The van der Waals surface area contributed by atoms with Crippen LogP contribution in [0.4, 0.5) is 0 Å². The normalized spacial score (nSPS) is 19.7. The smallest absolute Gasteiger partial charge is 0.246 e. The van der Waals surface area contributed by atoms with Crippen LogP contribution in [0.3, 0.4) is 0 Å². The number of hydrogen-bond acceptors (Lipinski definition) is 4. The van der Waals surface area contributed by atoms with Crippen LogP contribution in [0.15, 0.2) is 30.5 Å². The molecule has 25 heavy (non-hydrogen) atoms. The van der Waals surface area contributed by atoms with Gasteiger partial charge < -0.3 is 4.90 Å². The van der Waals surface area contributed by atoms with Crippen LogP contribution in [0.1, 0.15) is 25.5 Å². The molecule has 0 bridgehead atoms. The molecule has 1 unspecified atom stereocenters. The van der Waals surface area contributed by atoms with Gasteiger partial charge in [-0.05, 0) is 31.1 Å². The van der Waals surface area contributed by atoms with Crippen molar-refractivity contribution in [3.63, 3.8) is 0 Å². The fourth-order valence-electron chi connectivity index (χ4n) is 3.12. The molecule has 0 aliphatic carbocycles. The Kier molecular flexibility index (Phi) is 5.15. The van der Waals surface area contributed by atoms with Crippen molar-refractivity contribution in [1.29, 1.82) is 0 Å². The molecule has 0 saturated carbocycles. The molecule has 1 aliphatic rings. The summed E-state index contributed by atoms with van der Waals surface area (Å²) in [6.45, 7) is 2.50. The highest BCUT2D eigenvalue weighted by atomic mass is 35.5. The van der Waals surface area contributed by atoms with Gasteiger partial charge in [-0.25, -0.2) is 13.4 Å². The highest BCUT2D eigenvalue weighted by Crippen LogP contribution is 2.21. The van der Waals surface area contributed by atoms with E-state index in [2.05, 4.69) is 4.98 Å². The molecule has 0 N–H and O–H groups in total. The Morgan fingerprint density at radius 1 is 1.48 bits per heavy atom. The van der Waals surface area contributed by atoms with Crippen LogP contribution in [0.2, 0.25) is 5.15 Å². The molecule has 1 atom stereocenters. The highest BCUT2D eigenvalue weighted by Gasteiger charge is 2.33. The van der Waals surface area contributed by atoms with Crippen LogP contribution in [-0.4, -0.2) is 52.7 Å². The Hall–Kier alpha value is -1.86. The minimum Gasteiger partial charge on any atom is -0.335 e. The molecule has 8 heteroatoms. The van der Waals surface area contributed by atoms with Crippen molar-refractivity contribution in [2.24, 2.45) is 0 Å². The average molecular weight is 382 g/mol. The van der Waals surface area contributed by atoms with Crippen LogP contribution in [-0.2, 0) is 14.6 Å². The third kappa shape index (κ3) is 3.88. The Morgan fingerprint density at radius 3 is 2.96 bits per heavy atom. The second-order valence-corrected chi connectivity index (χ2v) is 8.73. The lowest BCUT2D eigenvalue weighted by atomic mass is 10.2. The van der Waals surface area contributed by atoms with E-state index in [0.29, 0.717) is 29.5 Å². The summed E-state index contributed by atoms with van der Waals surface area (Å²) in [7, 11) is -3.04. The summed E-state index contributed by atoms with van der Waals surface area (Å²) in [6.07, 6.45) is 6.18. The lowest BCUT2D eigenvalue weighted by Gasteiger charge is -2.26. The van der Waals surface area contributed by atoms with Crippen LogP contribution in [0.5, 0.6) is 0 Å². The molecular formula is C17H20ClN3O3S. The van der Waals surface area contributed by atoms with Gasteiger partial charge in [0.25, 0.3) is 0 Å². The number of fused-ring (bicyclic) bond motifs is 1. The average Bonchev–Trinajstić information content (AvgIpc) is 3.09. The zero-order valence-electron chi connectivity index (χ0n) is 13.9. The lowest BCUT2D eigenvalue weighted by Crippen LogP contribution is -2.40. The van der Waals surface area contributed by atoms with Gasteiger partial charge in [-0.3, -0.25) is 9.20 Å². The quantitative estimate of drug-likeness (QED) is 0.746. The monoisotopic (exact) mass is 381 g/mol. The number of sulfone groups is 1. The molecule has 134 valence electrons. The fraction of sp³-hybridized carbons (Fsp3) is 0.412. The number of amides is 1. The van der Waals surface area contributed by atoms with E-state index in [-0.39, 0.29) is 23.5 Å². The molecular weight excluding hydrogens is 362 g/mol. The Balaban J connectivity index is 1.83. The molecule has 0 aromatic carbocycles. The zero-order valence-corrected chi connectivity index (χ0v) is 15.5. The van der Waals surface area contributed by atoms with Crippen molar-refractivity contribution in [2.75, 3.05) is 18.1 Å². The van der Waals surface area contributed by atoms with Crippen molar-refractivity contribution in [2.45, 2.75) is 25.8 Å². The summed E-state index contributed by atoms with van der Waals surface area (Å²) in [5.74, 6) is -0.0115. The lowest BCUT2D eigenvalue weighted by molar-refractivity contribution is -0.127. The molecule has 1 amide bonds. The molecule has 2 aromatic heterocycles. The van der Waals surface area contributed by atoms with Crippen LogP contribution in [0, 0.1) is 0 Å². The predicted molar refractivity (Wildman–Crippen MR) is 98.3 cm³/mol. The first-order valence-corrected chi connectivity index (χ1v) is 10.4. The maximum absolute atomic E-state index is 12.6. The Labute approximate surface area is 152 Å². The van der Waals surface area contributed by atoms with E-state index in [9.17, 15) is 13.2 Å². The van der Waals surface area contributed by atoms with Crippen molar-refractivity contribution in [1.82, 2.24) is 14.3 Å². The summed E-state index contributed by atoms with van der Waals surface area (Å²) < 4.78 is 25.2. The minimum atomic E-state index is -3.04. The highest BCUT2D eigenvalue weighted by molar-refractivity contribution is 7.91. The molecule has 0 spiro atoms. The van der Waals surface area contributed by atoms with Crippen LogP contribution in [0.25, 0.3) is 11.7 Å². The molecule has 0 radical (unpaired) electrons. The Morgan fingerprint density at radius 2 is 2.28 bits per heavy atom. The summed E-state index contributed by atoms with van der Waals surface area (Å²) >= 11 is 6.17. The van der Waals surface area contributed by atoms with Crippen molar-refractivity contribution < 1.29 is 13.2 Å². The summed E-state index contributed by atoms with van der Waals surface area (Å²) in [4.78, 5) is 18.5. The molecule has 3 rings (SSSR count). The minimum absolute atomic E-state index is 0.0446. The third-order valence-corrected chi connectivity index (χ3v) is 6.33. The van der Waals surface area contributed by atoms with E-state index in [1.807, 2.05) is 31.3 Å².